The fraction of sp³-hybridized carbons (Fsp3) is 0.250. The first kappa shape index (κ1) is 11.8. The molecule has 0 radical (unpaired) electrons. The topological polar surface area (TPSA) is 47.8 Å². The second-order valence-corrected chi connectivity index (χ2v) is 4.02. The van der Waals surface area contributed by atoms with Crippen molar-refractivity contribution in [2.75, 3.05) is 0 Å². The zero-order valence-electron chi connectivity index (χ0n) is 9.43. The highest BCUT2D eigenvalue weighted by Crippen LogP contribution is 2.22. The smallest absolute Gasteiger partial charge is 0.266 e. The average molecular weight is 250 g/mol. The van der Waals surface area contributed by atoms with Gasteiger partial charge < -0.3 is 0 Å². The molecule has 2 rings (SSSR count). The highest BCUT2D eigenvalue weighted by molar-refractivity contribution is 6.32. The van der Waals surface area contributed by atoms with Crippen LogP contribution in [0.4, 0.5) is 0 Å². The second-order valence-electron chi connectivity index (χ2n) is 3.61. The van der Waals surface area contributed by atoms with Gasteiger partial charge in [-0.25, -0.2) is 4.68 Å². The normalized spacial score (nSPS) is 10.5. The minimum absolute atomic E-state index is 0.109. The number of halogens is 1. The fourth-order valence-corrected chi connectivity index (χ4v) is 1.74. The molecule has 0 atom stereocenters. The summed E-state index contributed by atoms with van der Waals surface area (Å²) in [5, 5.41) is 4.78. The molecule has 2 aromatic heterocycles. The molecule has 0 aliphatic carbocycles. The van der Waals surface area contributed by atoms with Gasteiger partial charge in [-0.1, -0.05) is 18.5 Å². The third-order valence-electron chi connectivity index (χ3n) is 2.30. The minimum Gasteiger partial charge on any atom is -0.268 e. The van der Waals surface area contributed by atoms with Crippen molar-refractivity contribution in [3.05, 3.63) is 45.8 Å². The van der Waals surface area contributed by atoms with Crippen molar-refractivity contribution in [2.24, 2.45) is 0 Å². The molecular weight excluding hydrogens is 238 g/mol. The molecule has 0 spiro atoms. The van der Waals surface area contributed by atoms with E-state index in [9.17, 15) is 4.79 Å². The lowest BCUT2D eigenvalue weighted by Crippen LogP contribution is -2.22. The molecule has 0 fully saturated rings. The summed E-state index contributed by atoms with van der Waals surface area (Å²) in [4.78, 5) is 15.7. The molecule has 0 aliphatic rings. The summed E-state index contributed by atoms with van der Waals surface area (Å²) in [6, 6.07) is 6.64. The van der Waals surface area contributed by atoms with E-state index in [1.54, 1.807) is 24.4 Å². The van der Waals surface area contributed by atoms with Crippen molar-refractivity contribution in [3.8, 4) is 11.4 Å². The first-order valence-corrected chi connectivity index (χ1v) is 5.79. The Morgan fingerprint density at radius 1 is 1.35 bits per heavy atom. The Kier molecular flexibility index (Phi) is 3.54. The van der Waals surface area contributed by atoms with Crippen molar-refractivity contribution in [3.63, 3.8) is 0 Å². The molecule has 0 aromatic carbocycles. The first-order chi connectivity index (χ1) is 8.22. The molecule has 0 amide bonds. The number of nitrogens with zero attached hydrogens (tertiary/aromatic N) is 3. The van der Waals surface area contributed by atoms with Gasteiger partial charge in [0.15, 0.2) is 0 Å². The molecule has 2 aromatic rings. The molecule has 4 nitrogen and oxygen atoms in total. The number of rotatable bonds is 3. The Morgan fingerprint density at radius 2 is 2.18 bits per heavy atom. The van der Waals surface area contributed by atoms with E-state index in [0.29, 0.717) is 23.0 Å². The maximum absolute atomic E-state index is 11.5. The number of hydrogen-bond acceptors (Lipinski definition) is 3. The van der Waals surface area contributed by atoms with Crippen molar-refractivity contribution in [2.45, 2.75) is 19.9 Å². The van der Waals surface area contributed by atoms with Crippen LogP contribution in [0, 0.1) is 0 Å². The zero-order chi connectivity index (χ0) is 12.3. The molecule has 0 aliphatic heterocycles. The largest absolute Gasteiger partial charge is 0.268 e. The van der Waals surface area contributed by atoms with Crippen LogP contribution < -0.4 is 5.56 Å². The van der Waals surface area contributed by atoms with E-state index in [2.05, 4.69) is 10.1 Å². The third-order valence-corrected chi connectivity index (χ3v) is 2.61. The molecular formula is C12H12ClN3O. The van der Waals surface area contributed by atoms with Crippen molar-refractivity contribution in [1.29, 1.82) is 0 Å². The highest BCUT2D eigenvalue weighted by Gasteiger charge is 2.07. The molecule has 0 saturated heterocycles. The van der Waals surface area contributed by atoms with Gasteiger partial charge >= 0.3 is 0 Å². The van der Waals surface area contributed by atoms with Gasteiger partial charge in [-0.05, 0) is 24.6 Å². The average Bonchev–Trinajstić information content (AvgIpc) is 2.33. The van der Waals surface area contributed by atoms with Gasteiger partial charge in [-0.2, -0.15) is 5.10 Å². The van der Waals surface area contributed by atoms with Gasteiger partial charge in [0.1, 0.15) is 11.4 Å². The van der Waals surface area contributed by atoms with Crippen LogP contribution in [0.15, 0.2) is 35.3 Å². The van der Waals surface area contributed by atoms with E-state index in [1.807, 2.05) is 6.92 Å². The van der Waals surface area contributed by atoms with E-state index in [0.717, 1.165) is 6.42 Å². The summed E-state index contributed by atoms with van der Waals surface area (Å²) in [7, 11) is 0. The molecule has 17 heavy (non-hydrogen) atoms. The van der Waals surface area contributed by atoms with E-state index in [4.69, 9.17) is 11.6 Å². The number of hydrogen-bond donors (Lipinski definition) is 0. The predicted molar refractivity (Wildman–Crippen MR) is 67.0 cm³/mol. The van der Waals surface area contributed by atoms with Crippen LogP contribution in [0.1, 0.15) is 13.3 Å². The molecule has 0 bridgehead atoms. The van der Waals surface area contributed by atoms with Crippen LogP contribution in [0.2, 0.25) is 5.02 Å². The maximum atomic E-state index is 11.5. The van der Waals surface area contributed by atoms with Gasteiger partial charge in [0.05, 0.1) is 5.02 Å². The van der Waals surface area contributed by atoms with Gasteiger partial charge in [-0.3, -0.25) is 9.78 Å². The Bertz CT molecular complexity index is 580. The second kappa shape index (κ2) is 5.10. The zero-order valence-corrected chi connectivity index (χ0v) is 10.2. The Labute approximate surface area is 104 Å². The van der Waals surface area contributed by atoms with Gasteiger partial charge in [0.2, 0.25) is 0 Å². The summed E-state index contributed by atoms with van der Waals surface area (Å²) < 4.78 is 1.43. The molecule has 2 heterocycles. The van der Waals surface area contributed by atoms with E-state index < -0.39 is 0 Å². The van der Waals surface area contributed by atoms with Gasteiger partial charge in [0.25, 0.3) is 5.56 Å². The van der Waals surface area contributed by atoms with Crippen LogP contribution in [0.3, 0.4) is 0 Å². The highest BCUT2D eigenvalue weighted by atomic mass is 35.5. The number of aryl methyl sites for hydroxylation is 1. The van der Waals surface area contributed by atoms with Gasteiger partial charge in [-0.15, -0.1) is 0 Å². The monoisotopic (exact) mass is 249 g/mol. The quantitative estimate of drug-likeness (QED) is 0.839. The SMILES string of the molecule is CCCn1nc(-c2ncccc2Cl)ccc1=O. The minimum atomic E-state index is -0.109. The summed E-state index contributed by atoms with van der Waals surface area (Å²) in [6.07, 6.45) is 2.50. The van der Waals surface area contributed by atoms with Crippen molar-refractivity contribution >= 4 is 11.6 Å². The standard InChI is InChI=1S/C12H12ClN3O/c1-2-8-16-11(17)6-5-10(15-16)12-9(13)4-3-7-14-12/h3-7H,2,8H2,1H3. The van der Waals surface area contributed by atoms with Crippen molar-refractivity contribution < 1.29 is 0 Å². The molecule has 0 unspecified atom stereocenters. The molecule has 0 N–H and O–H groups in total. The number of aromatic nitrogens is 3. The van der Waals surface area contributed by atoms with Crippen LogP contribution in [-0.4, -0.2) is 14.8 Å². The van der Waals surface area contributed by atoms with Crippen LogP contribution in [0.5, 0.6) is 0 Å². The summed E-state index contributed by atoms with van der Waals surface area (Å²) in [5.41, 5.74) is 1.10. The summed E-state index contributed by atoms with van der Waals surface area (Å²) >= 11 is 6.04. The van der Waals surface area contributed by atoms with E-state index in [1.165, 1.54) is 10.7 Å². The van der Waals surface area contributed by atoms with Crippen LogP contribution in [0.25, 0.3) is 11.4 Å². The third kappa shape index (κ3) is 2.53. The van der Waals surface area contributed by atoms with Crippen LogP contribution in [-0.2, 0) is 6.54 Å². The van der Waals surface area contributed by atoms with Crippen LogP contribution >= 0.6 is 11.6 Å². The predicted octanol–water partition coefficient (Wildman–Crippen LogP) is 2.37. The molecule has 5 heteroatoms. The lowest BCUT2D eigenvalue weighted by atomic mass is 10.2. The van der Waals surface area contributed by atoms with E-state index >= 15 is 0 Å². The lowest BCUT2D eigenvalue weighted by Gasteiger charge is -2.06. The van der Waals surface area contributed by atoms with Crippen molar-refractivity contribution in [1.82, 2.24) is 14.8 Å². The molecule has 88 valence electrons. The first-order valence-electron chi connectivity index (χ1n) is 5.41. The fourth-order valence-electron chi connectivity index (χ4n) is 1.52. The maximum Gasteiger partial charge on any atom is 0.266 e. The number of pyridine rings is 1. The Hall–Kier alpha value is -1.68. The van der Waals surface area contributed by atoms with Gasteiger partial charge in [0, 0.05) is 18.8 Å². The lowest BCUT2D eigenvalue weighted by molar-refractivity contribution is 0.570. The molecule has 0 saturated carbocycles. The Morgan fingerprint density at radius 3 is 2.88 bits per heavy atom. The summed E-state index contributed by atoms with van der Waals surface area (Å²) in [6.45, 7) is 2.59. The van der Waals surface area contributed by atoms with E-state index in [-0.39, 0.29) is 5.56 Å². The Balaban J connectivity index is 2.50. The summed E-state index contributed by atoms with van der Waals surface area (Å²) in [5.74, 6) is 0.